The van der Waals surface area contributed by atoms with E-state index in [1.54, 1.807) is 19.1 Å². The number of ether oxygens (including phenoxy) is 3. The third-order valence-corrected chi connectivity index (χ3v) is 4.43. The van der Waals surface area contributed by atoms with Gasteiger partial charge in [0.1, 0.15) is 19.0 Å². The maximum atomic E-state index is 13.7. The van der Waals surface area contributed by atoms with Crippen LogP contribution >= 0.6 is 23.2 Å². The highest BCUT2D eigenvalue weighted by Gasteiger charge is 2.51. The number of hydrogen-bond donors (Lipinski definition) is 1. The maximum Gasteiger partial charge on any atom is 0.525 e. The van der Waals surface area contributed by atoms with E-state index in [0.29, 0.717) is 5.56 Å². The second-order valence-electron chi connectivity index (χ2n) is 6.37. The molecule has 192 valence electrons. The lowest BCUT2D eigenvalue weighted by atomic mass is 10.0. The van der Waals surface area contributed by atoms with Gasteiger partial charge in [-0.05, 0) is 12.5 Å². The fraction of sp³-hybridized carbons (Fsp3) is 0.300. The Morgan fingerprint density at radius 3 is 2.26 bits per heavy atom. The molecule has 1 atom stereocenters. The van der Waals surface area contributed by atoms with Crippen molar-refractivity contribution in [3.05, 3.63) is 57.6 Å². The number of aliphatic carboxylic acids is 1. The zero-order valence-electron chi connectivity index (χ0n) is 17.4. The molecule has 0 aliphatic rings. The Hall–Kier alpha value is -2.90. The predicted octanol–water partition coefficient (Wildman–Crippen LogP) is 6.20. The second kappa shape index (κ2) is 11.7. The summed E-state index contributed by atoms with van der Waals surface area (Å²) in [6.45, 7) is 1.45. The highest BCUT2D eigenvalue weighted by molar-refractivity contribution is 6.42. The second-order valence-corrected chi connectivity index (χ2v) is 7.18. The molecule has 0 radical (unpaired) electrons. The maximum absolute atomic E-state index is 13.7. The molecule has 2 aromatic rings. The highest BCUT2D eigenvalue weighted by atomic mass is 35.5. The first-order valence-corrected chi connectivity index (χ1v) is 10.1. The molecule has 35 heavy (non-hydrogen) atoms. The molecular formula is C20H15Cl2F6NO6. The summed E-state index contributed by atoms with van der Waals surface area (Å²) in [6.07, 6.45) is -15.0. The molecule has 0 aromatic heterocycles. The van der Waals surface area contributed by atoms with E-state index in [9.17, 15) is 36.2 Å². The van der Waals surface area contributed by atoms with Gasteiger partial charge in [-0.2, -0.15) is 8.78 Å². The summed E-state index contributed by atoms with van der Waals surface area (Å²) >= 11 is 11.6. The molecule has 0 bridgehead atoms. The number of carboxylic acid groups (broad SMARTS) is 1. The number of benzene rings is 2. The Balaban J connectivity index is 2.23. The van der Waals surface area contributed by atoms with E-state index in [2.05, 4.69) is 14.6 Å². The summed E-state index contributed by atoms with van der Waals surface area (Å²) in [5, 5.41) is 11.7. The summed E-state index contributed by atoms with van der Waals surface area (Å²) in [7, 11) is 0. The topological polar surface area (TPSA) is 86.6 Å². The summed E-state index contributed by atoms with van der Waals surface area (Å²) in [4.78, 5) is 16.4. The van der Waals surface area contributed by atoms with E-state index < -0.39 is 46.3 Å². The normalized spacial score (nSPS) is 13.3. The first kappa shape index (κ1) is 28.3. The Morgan fingerprint density at radius 1 is 1.11 bits per heavy atom. The summed E-state index contributed by atoms with van der Waals surface area (Å²) < 4.78 is 88.8. The molecule has 1 N–H and O–H groups in total. The lowest BCUT2D eigenvalue weighted by Crippen LogP contribution is -2.41. The van der Waals surface area contributed by atoms with E-state index in [4.69, 9.17) is 32.8 Å². The molecule has 7 nitrogen and oxygen atoms in total. The van der Waals surface area contributed by atoms with Crippen LogP contribution in [-0.4, -0.2) is 42.2 Å². The van der Waals surface area contributed by atoms with Crippen molar-refractivity contribution < 1.29 is 55.3 Å². The smallest absolute Gasteiger partial charge is 0.489 e. The van der Waals surface area contributed by atoms with Crippen LogP contribution in [0.25, 0.3) is 0 Å². The molecule has 0 saturated heterocycles. The first-order chi connectivity index (χ1) is 16.2. The average Bonchev–Trinajstić information content (AvgIpc) is 2.74. The molecule has 0 aliphatic heterocycles. The van der Waals surface area contributed by atoms with Gasteiger partial charge in [-0.25, -0.2) is 13.9 Å². The Labute approximate surface area is 203 Å². The van der Waals surface area contributed by atoms with Crippen LogP contribution in [0.3, 0.4) is 0 Å². The monoisotopic (exact) mass is 549 g/mol. The summed E-state index contributed by atoms with van der Waals surface area (Å²) in [5.41, 5.74) is 0.0795. The number of nitrogens with zero attached hydrogens (tertiary/aromatic N) is 1. The molecule has 0 saturated carbocycles. The Morgan fingerprint density at radius 2 is 1.71 bits per heavy atom. The lowest BCUT2D eigenvalue weighted by molar-refractivity contribution is -0.411. The first-order valence-electron chi connectivity index (χ1n) is 9.34. The molecule has 0 aliphatic carbocycles. The van der Waals surface area contributed by atoms with Crippen molar-refractivity contribution in [3.63, 3.8) is 0 Å². The van der Waals surface area contributed by atoms with Gasteiger partial charge in [-0.3, -0.25) is 0 Å². The summed E-state index contributed by atoms with van der Waals surface area (Å²) in [5.74, 6) is -2.52. The Kier molecular flexibility index (Phi) is 9.46. The van der Waals surface area contributed by atoms with Gasteiger partial charge in [-0.15, -0.1) is 13.2 Å². The quantitative estimate of drug-likeness (QED) is 0.204. The SMILES string of the molecule is CCON=C(C(=O)O)c1ccccc1COc1cc(Cl)c(OC(F)(F)C(F)OC(F)(F)F)c(Cl)c1. The van der Waals surface area contributed by atoms with Gasteiger partial charge in [0.25, 0.3) is 0 Å². The van der Waals surface area contributed by atoms with Crippen LogP contribution in [0, 0.1) is 0 Å². The van der Waals surface area contributed by atoms with Crippen LogP contribution in [-0.2, 0) is 21.0 Å². The molecule has 0 fully saturated rings. The number of hydrogen-bond acceptors (Lipinski definition) is 6. The van der Waals surface area contributed by atoms with Crippen LogP contribution in [0.4, 0.5) is 26.3 Å². The van der Waals surface area contributed by atoms with Crippen LogP contribution in [0.15, 0.2) is 41.6 Å². The molecule has 2 rings (SSSR count). The van der Waals surface area contributed by atoms with Gasteiger partial charge in [0.05, 0.1) is 10.0 Å². The van der Waals surface area contributed by atoms with Gasteiger partial charge < -0.3 is 19.4 Å². The molecule has 0 spiro atoms. The van der Waals surface area contributed by atoms with Crippen molar-refractivity contribution in [2.24, 2.45) is 5.16 Å². The van der Waals surface area contributed by atoms with E-state index in [1.807, 2.05) is 0 Å². The van der Waals surface area contributed by atoms with Crippen LogP contribution < -0.4 is 9.47 Å². The van der Waals surface area contributed by atoms with Crippen molar-refractivity contribution in [1.29, 1.82) is 0 Å². The van der Waals surface area contributed by atoms with Gasteiger partial charge >= 0.3 is 24.8 Å². The molecular weight excluding hydrogens is 535 g/mol. The number of oxime groups is 1. The summed E-state index contributed by atoms with van der Waals surface area (Å²) in [6, 6.07) is 7.93. The fourth-order valence-electron chi connectivity index (χ4n) is 2.46. The van der Waals surface area contributed by atoms with Gasteiger partial charge in [-0.1, -0.05) is 52.6 Å². The van der Waals surface area contributed by atoms with Gasteiger partial charge in [0.2, 0.25) is 0 Å². The van der Waals surface area contributed by atoms with E-state index in [-0.39, 0.29) is 24.5 Å². The third kappa shape index (κ3) is 8.08. The van der Waals surface area contributed by atoms with Gasteiger partial charge in [0, 0.05) is 17.7 Å². The molecule has 15 heteroatoms. The number of alkyl halides is 6. The van der Waals surface area contributed by atoms with E-state index >= 15 is 0 Å². The van der Waals surface area contributed by atoms with Crippen molar-refractivity contribution in [2.45, 2.75) is 32.4 Å². The van der Waals surface area contributed by atoms with Gasteiger partial charge in [0.15, 0.2) is 11.5 Å². The molecule has 0 amide bonds. The zero-order chi connectivity index (χ0) is 26.4. The molecule has 2 aromatic carbocycles. The van der Waals surface area contributed by atoms with Crippen LogP contribution in [0.2, 0.25) is 10.0 Å². The van der Waals surface area contributed by atoms with Crippen LogP contribution in [0.1, 0.15) is 18.1 Å². The minimum atomic E-state index is -5.69. The highest BCUT2D eigenvalue weighted by Crippen LogP contribution is 2.41. The number of rotatable bonds is 11. The third-order valence-electron chi connectivity index (χ3n) is 3.87. The molecule has 1 unspecified atom stereocenters. The Bertz CT molecular complexity index is 1060. The average molecular weight is 550 g/mol. The molecule has 0 heterocycles. The number of carbonyl (C=O) groups is 1. The van der Waals surface area contributed by atoms with E-state index in [0.717, 1.165) is 12.1 Å². The largest absolute Gasteiger partial charge is 0.525 e. The number of halogens is 8. The van der Waals surface area contributed by atoms with E-state index in [1.165, 1.54) is 12.1 Å². The number of carboxylic acids is 1. The zero-order valence-corrected chi connectivity index (χ0v) is 18.9. The minimum Gasteiger partial charge on any atom is -0.489 e. The van der Waals surface area contributed by atoms with Crippen molar-refractivity contribution in [3.8, 4) is 11.5 Å². The lowest BCUT2D eigenvalue weighted by Gasteiger charge is -2.23. The van der Waals surface area contributed by atoms with Crippen LogP contribution in [0.5, 0.6) is 11.5 Å². The van der Waals surface area contributed by atoms with Crippen molar-refractivity contribution in [1.82, 2.24) is 0 Å². The van der Waals surface area contributed by atoms with Crippen molar-refractivity contribution >= 4 is 34.9 Å². The van der Waals surface area contributed by atoms with Crippen molar-refractivity contribution in [2.75, 3.05) is 6.61 Å². The predicted molar refractivity (Wildman–Crippen MR) is 111 cm³/mol. The fourth-order valence-corrected chi connectivity index (χ4v) is 3.00. The standard InChI is InChI=1S/C20H15Cl2F6NO6/c1-2-33-29-15(17(30)31)12-6-4-3-5-10(12)9-32-11-7-13(21)16(14(22)8-11)34-19(24,25)18(23)35-20(26,27)28/h3-8,18H,2,9H2,1H3,(H,30,31). The minimum absolute atomic E-state index is 0.116.